The second-order valence-electron chi connectivity index (χ2n) is 6.08. The van der Waals surface area contributed by atoms with Crippen LogP contribution in [0.1, 0.15) is 43.7 Å². The zero-order valence-electron chi connectivity index (χ0n) is 15.3. The molecule has 0 bridgehead atoms. The van der Waals surface area contributed by atoms with Gasteiger partial charge in [-0.1, -0.05) is 37.1 Å². The van der Waals surface area contributed by atoms with Crippen molar-refractivity contribution in [1.82, 2.24) is 0 Å². The topological polar surface area (TPSA) is 58.9 Å². The van der Waals surface area contributed by atoms with E-state index in [4.69, 9.17) is 16.3 Å². The van der Waals surface area contributed by atoms with Gasteiger partial charge in [0, 0.05) is 29.1 Å². The van der Waals surface area contributed by atoms with Gasteiger partial charge in [0.05, 0.1) is 12.3 Å². The molecule has 0 amide bonds. The first-order valence-corrected chi connectivity index (χ1v) is 9.34. The minimum Gasteiger partial charge on any atom is -0.507 e. The van der Waals surface area contributed by atoms with Crippen LogP contribution in [0.3, 0.4) is 0 Å². The maximum atomic E-state index is 13.7. The minimum absolute atomic E-state index is 0.0657. The molecule has 0 saturated heterocycles. The number of nitrogens with zero attached hydrogens (tertiary/aromatic N) is 1. The van der Waals surface area contributed by atoms with Gasteiger partial charge in [-0.15, -0.1) is 0 Å². The lowest BCUT2D eigenvalue weighted by Gasteiger charge is -2.10. The first-order chi connectivity index (χ1) is 13.0. The lowest BCUT2D eigenvalue weighted by atomic mass is 10.0. The number of halogens is 2. The van der Waals surface area contributed by atoms with Gasteiger partial charge in [-0.2, -0.15) is 0 Å². The number of unbranched alkanes of at least 4 members (excludes halogenated alkanes) is 1. The molecule has 6 heteroatoms. The molecule has 144 valence electrons. The molecule has 0 aliphatic rings. The van der Waals surface area contributed by atoms with Crippen molar-refractivity contribution in [2.75, 3.05) is 13.2 Å². The second kappa shape index (κ2) is 10.7. The van der Waals surface area contributed by atoms with E-state index >= 15 is 0 Å². The van der Waals surface area contributed by atoms with E-state index in [-0.39, 0.29) is 18.1 Å². The molecule has 0 aliphatic carbocycles. The van der Waals surface area contributed by atoms with Crippen molar-refractivity contribution >= 4 is 23.3 Å². The largest absolute Gasteiger partial charge is 0.507 e. The number of aromatic hydroxyl groups is 1. The summed E-state index contributed by atoms with van der Waals surface area (Å²) in [5, 5.41) is 10.7. The number of phenolic OH excluding ortho intramolecular Hbond substituents is 1. The van der Waals surface area contributed by atoms with Crippen molar-refractivity contribution in [2.24, 2.45) is 4.99 Å². The SMILES string of the molecule is CCCCOC(=O)CCCN=C(c1ccc(Cl)cc1)c1cc(F)ccc1O. The van der Waals surface area contributed by atoms with E-state index in [9.17, 15) is 14.3 Å². The van der Waals surface area contributed by atoms with E-state index in [1.165, 1.54) is 18.2 Å². The summed E-state index contributed by atoms with van der Waals surface area (Å²) in [4.78, 5) is 16.2. The van der Waals surface area contributed by atoms with Crippen LogP contribution >= 0.6 is 11.6 Å². The van der Waals surface area contributed by atoms with Crippen molar-refractivity contribution < 1.29 is 19.0 Å². The maximum Gasteiger partial charge on any atom is 0.305 e. The fraction of sp³-hybridized carbons (Fsp3) is 0.333. The van der Waals surface area contributed by atoms with E-state index in [2.05, 4.69) is 4.99 Å². The van der Waals surface area contributed by atoms with Crippen molar-refractivity contribution in [3.63, 3.8) is 0 Å². The molecule has 4 nitrogen and oxygen atoms in total. The van der Waals surface area contributed by atoms with E-state index in [1.807, 2.05) is 6.92 Å². The highest BCUT2D eigenvalue weighted by Gasteiger charge is 2.13. The molecule has 0 spiro atoms. The third-order valence-electron chi connectivity index (χ3n) is 3.90. The first kappa shape index (κ1) is 20.9. The summed E-state index contributed by atoms with van der Waals surface area (Å²) < 4.78 is 18.8. The lowest BCUT2D eigenvalue weighted by Crippen LogP contribution is -2.08. The number of rotatable bonds is 9. The predicted octanol–water partition coefficient (Wildman–Crippen LogP) is 5.15. The van der Waals surface area contributed by atoms with Gasteiger partial charge < -0.3 is 9.84 Å². The second-order valence-corrected chi connectivity index (χ2v) is 6.51. The Kier molecular flexibility index (Phi) is 8.27. The van der Waals surface area contributed by atoms with Gasteiger partial charge in [-0.25, -0.2) is 4.39 Å². The Labute approximate surface area is 163 Å². The third kappa shape index (κ3) is 6.68. The molecule has 2 rings (SSSR count). The molecule has 2 aromatic carbocycles. The molecule has 0 saturated carbocycles. The lowest BCUT2D eigenvalue weighted by molar-refractivity contribution is -0.143. The zero-order valence-corrected chi connectivity index (χ0v) is 16.0. The number of aliphatic imine (C=N–C) groups is 1. The number of ether oxygens (including phenoxy) is 1. The molecular formula is C21H23ClFNO3. The van der Waals surface area contributed by atoms with Gasteiger partial charge in [0.25, 0.3) is 0 Å². The van der Waals surface area contributed by atoms with Gasteiger partial charge in [-0.05, 0) is 43.2 Å². The first-order valence-electron chi connectivity index (χ1n) is 8.96. The Morgan fingerprint density at radius 2 is 1.93 bits per heavy atom. The molecule has 0 atom stereocenters. The minimum atomic E-state index is -0.469. The molecule has 1 N–H and O–H groups in total. The molecule has 0 fully saturated rings. The number of phenols is 1. The van der Waals surface area contributed by atoms with Crippen molar-refractivity contribution in [1.29, 1.82) is 0 Å². The molecule has 0 aromatic heterocycles. The Morgan fingerprint density at radius 3 is 2.63 bits per heavy atom. The number of esters is 1. The third-order valence-corrected chi connectivity index (χ3v) is 4.15. The molecule has 0 heterocycles. The smallest absolute Gasteiger partial charge is 0.305 e. The molecule has 2 aromatic rings. The van der Waals surface area contributed by atoms with E-state index in [1.54, 1.807) is 24.3 Å². The summed E-state index contributed by atoms with van der Waals surface area (Å²) >= 11 is 5.93. The van der Waals surface area contributed by atoms with Gasteiger partial charge >= 0.3 is 5.97 Å². The zero-order chi connectivity index (χ0) is 19.6. The van der Waals surface area contributed by atoms with Gasteiger partial charge in [-0.3, -0.25) is 9.79 Å². The number of hydrogen-bond acceptors (Lipinski definition) is 4. The Hall–Kier alpha value is -2.40. The van der Waals surface area contributed by atoms with E-state index < -0.39 is 5.82 Å². The van der Waals surface area contributed by atoms with Crippen LogP contribution in [0.2, 0.25) is 5.02 Å². The van der Waals surface area contributed by atoms with Crippen LogP contribution in [0.5, 0.6) is 5.75 Å². The molecule has 0 radical (unpaired) electrons. The number of carbonyl (C=O) groups excluding carboxylic acids is 1. The molecule has 0 aliphatic heterocycles. The molecule has 27 heavy (non-hydrogen) atoms. The Morgan fingerprint density at radius 1 is 1.19 bits per heavy atom. The predicted molar refractivity (Wildman–Crippen MR) is 105 cm³/mol. The number of carbonyl (C=O) groups is 1. The number of benzene rings is 2. The fourth-order valence-corrected chi connectivity index (χ4v) is 2.58. The highest BCUT2D eigenvalue weighted by atomic mass is 35.5. The Bertz CT molecular complexity index is 791. The summed E-state index contributed by atoms with van der Waals surface area (Å²) in [7, 11) is 0. The van der Waals surface area contributed by atoms with Crippen LogP contribution < -0.4 is 0 Å². The Balaban J connectivity index is 2.13. The van der Waals surface area contributed by atoms with E-state index in [0.717, 1.165) is 12.8 Å². The van der Waals surface area contributed by atoms with Crippen LogP contribution in [0.4, 0.5) is 4.39 Å². The van der Waals surface area contributed by atoms with Gasteiger partial charge in [0.1, 0.15) is 11.6 Å². The summed E-state index contributed by atoms with van der Waals surface area (Å²) in [6, 6.07) is 10.6. The van der Waals surface area contributed by atoms with E-state index in [0.29, 0.717) is 41.4 Å². The summed E-state index contributed by atoms with van der Waals surface area (Å²) in [5.74, 6) is -0.784. The summed E-state index contributed by atoms with van der Waals surface area (Å²) in [6.07, 6.45) is 2.58. The van der Waals surface area contributed by atoms with Crippen molar-refractivity contribution in [3.05, 3.63) is 64.4 Å². The van der Waals surface area contributed by atoms with Gasteiger partial charge in [0.15, 0.2) is 0 Å². The number of hydrogen-bond donors (Lipinski definition) is 1. The van der Waals surface area contributed by atoms with Crippen LogP contribution in [-0.2, 0) is 9.53 Å². The molecule has 0 unspecified atom stereocenters. The summed E-state index contributed by atoms with van der Waals surface area (Å²) in [5.41, 5.74) is 1.44. The monoisotopic (exact) mass is 391 g/mol. The van der Waals surface area contributed by atoms with Gasteiger partial charge in [0.2, 0.25) is 0 Å². The van der Waals surface area contributed by atoms with Crippen molar-refractivity contribution in [2.45, 2.75) is 32.6 Å². The average molecular weight is 392 g/mol. The van der Waals surface area contributed by atoms with Crippen LogP contribution in [0, 0.1) is 5.82 Å². The highest BCUT2D eigenvalue weighted by Crippen LogP contribution is 2.23. The standard InChI is InChI=1S/C21H23ClFNO3/c1-2-3-13-27-20(26)5-4-12-24-21(15-6-8-16(22)9-7-15)18-14-17(23)10-11-19(18)25/h6-11,14,25H,2-5,12-13H2,1H3. The fourth-order valence-electron chi connectivity index (χ4n) is 2.45. The van der Waals surface area contributed by atoms with Crippen LogP contribution in [-0.4, -0.2) is 29.9 Å². The highest BCUT2D eigenvalue weighted by molar-refractivity contribution is 6.30. The van der Waals surface area contributed by atoms with Crippen LogP contribution in [0.25, 0.3) is 0 Å². The average Bonchev–Trinajstić information content (AvgIpc) is 2.65. The van der Waals surface area contributed by atoms with Crippen LogP contribution in [0.15, 0.2) is 47.5 Å². The quantitative estimate of drug-likeness (QED) is 0.365. The normalized spacial score (nSPS) is 11.4. The summed E-state index contributed by atoms with van der Waals surface area (Å²) in [6.45, 7) is 2.81. The van der Waals surface area contributed by atoms with Crippen molar-refractivity contribution in [3.8, 4) is 5.75 Å². The molecular weight excluding hydrogens is 369 g/mol. The maximum absolute atomic E-state index is 13.7.